The van der Waals surface area contributed by atoms with Gasteiger partial charge in [0.1, 0.15) is 5.75 Å². The second-order valence-electron chi connectivity index (χ2n) is 7.55. The number of nitrogens with zero attached hydrogens (tertiary/aromatic N) is 1. The number of ketones is 1. The van der Waals surface area contributed by atoms with Crippen LogP contribution in [0.3, 0.4) is 0 Å². The average molecular weight is 447 g/mol. The summed E-state index contributed by atoms with van der Waals surface area (Å²) in [4.78, 5) is 26.0. The van der Waals surface area contributed by atoms with Gasteiger partial charge in [0.25, 0.3) is 11.7 Å². The fourth-order valence-corrected chi connectivity index (χ4v) is 3.95. The Labute approximate surface area is 191 Å². The van der Waals surface area contributed by atoms with E-state index in [1.54, 1.807) is 13.2 Å². The molecule has 162 valence electrons. The second kappa shape index (κ2) is 9.28. The van der Waals surface area contributed by atoms with Crippen molar-refractivity contribution in [3.8, 4) is 5.75 Å². The fourth-order valence-electron chi connectivity index (χ4n) is 3.82. The van der Waals surface area contributed by atoms with E-state index < -0.39 is 11.7 Å². The van der Waals surface area contributed by atoms with Crippen molar-refractivity contribution in [3.63, 3.8) is 0 Å². The number of nitrogens with one attached hydrogen (secondary N) is 1. The number of hydrogen-bond acceptors (Lipinski definition) is 3. The van der Waals surface area contributed by atoms with E-state index in [0.29, 0.717) is 28.3 Å². The molecule has 4 rings (SSSR count). The van der Waals surface area contributed by atoms with E-state index in [1.807, 2.05) is 78.2 Å². The Bertz CT molecular complexity index is 1280. The summed E-state index contributed by atoms with van der Waals surface area (Å²) in [7, 11) is 1.58. The largest absolute Gasteiger partial charge is 0.497 e. The minimum absolute atomic E-state index is 0.289. The van der Waals surface area contributed by atoms with Gasteiger partial charge in [-0.1, -0.05) is 54.1 Å². The molecule has 0 unspecified atom stereocenters. The number of rotatable bonds is 7. The number of hydrogen-bond donors (Lipinski definition) is 1. The summed E-state index contributed by atoms with van der Waals surface area (Å²) in [6.07, 6.45) is 0. The highest BCUT2D eigenvalue weighted by atomic mass is 35.5. The topological polar surface area (TPSA) is 60.3 Å². The standard InChI is InChI=1S/C26H23ClN2O3/c1-17-24(25(30)26(31)28-15-18-6-4-3-5-7-18)22-14-21(32-2)12-13-23(22)29(17)16-19-8-10-20(27)11-9-19/h3-14H,15-16H2,1-2H3,(H,28,31). The summed E-state index contributed by atoms with van der Waals surface area (Å²) in [5.41, 5.74) is 3.94. The van der Waals surface area contributed by atoms with Crippen molar-refractivity contribution < 1.29 is 14.3 Å². The Morgan fingerprint density at radius 1 is 0.969 bits per heavy atom. The van der Waals surface area contributed by atoms with Crippen molar-refractivity contribution in [3.05, 3.63) is 100 Å². The first-order chi connectivity index (χ1) is 15.5. The summed E-state index contributed by atoms with van der Waals surface area (Å²) < 4.78 is 7.41. The zero-order valence-corrected chi connectivity index (χ0v) is 18.6. The molecule has 0 spiro atoms. The number of Topliss-reactive ketones (excluding diaryl/α,β-unsaturated/α-hetero) is 1. The van der Waals surface area contributed by atoms with E-state index in [4.69, 9.17) is 16.3 Å². The highest BCUT2D eigenvalue weighted by Gasteiger charge is 2.25. The zero-order chi connectivity index (χ0) is 22.7. The zero-order valence-electron chi connectivity index (χ0n) is 17.9. The molecule has 0 bridgehead atoms. The van der Waals surface area contributed by atoms with E-state index >= 15 is 0 Å². The van der Waals surface area contributed by atoms with Crippen molar-refractivity contribution in [2.75, 3.05) is 7.11 Å². The van der Waals surface area contributed by atoms with Crippen LogP contribution in [0.5, 0.6) is 5.75 Å². The van der Waals surface area contributed by atoms with Crippen molar-refractivity contribution in [1.82, 2.24) is 9.88 Å². The van der Waals surface area contributed by atoms with Gasteiger partial charge in [-0.2, -0.15) is 0 Å². The quantitative estimate of drug-likeness (QED) is 0.315. The van der Waals surface area contributed by atoms with Crippen molar-refractivity contribution in [1.29, 1.82) is 0 Å². The Hall–Kier alpha value is -3.57. The van der Waals surface area contributed by atoms with Gasteiger partial charge in [-0.15, -0.1) is 0 Å². The maximum Gasteiger partial charge on any atom is 0.292 e. The van der Waals surface area contributed by atoms with E-state index in [2.05, 4.69) is 5.32 Å². The molecule has 0 radical (unpaired) electrons. The van der Waals surface area contributed by atoms with Crippen LogP contribution in [0, 0.1) is 6.92 Å². The molecule has 0 aliphatic carbocycles. The lowest BCUT2D eigenvalue weighted by molar-refractivity contribution is -0.117. The van der Waals surface area contributed by atoms with Gasteiger partial charge in [-0.05, 0) is 48.4 Å². The lowest BCUT2D eigenvalue weighted by atomic mass is 10.1. The number of methoxy groups -OCH3 is 1. The second-order valence-corrected chi connectivity index (χ2v) is 7.99. The van der Waals surface area contributed by atoms with Crippen LogP contribution in [-0.2, 0) is 17.9 Å². The molecule has 0 aliphatic rings. The van der Waals surface area contributed by atoms with Crippen molar-refractivity contribution >= 4 is 34.2 Å². The van der Waals surface area contributed by atoms with Crippen LogP contribution in [0.15, 0.2) is 72.8 Å². The van der Waals surface area contributed by atoms with Gasteiger partial charge in [-0.3, -0.25) is 9.59 Å². The first kappa shape index (κ1) is 21.7. The van der Waals surface area contributed by atoms with Gasteiger partial charge in [0, 0.05) is 34.7 Å². The summed E-state index contributed by atoms with van der Waals surface area (Å²) in [5, 5.41) is 4.10. The van der Waals surface area contributed by atoms with Crippen LogP contribution >= 0.6 is 11.6 Å². The summed E-state index contributed by atoms with van der Waals surface area (Å²) in [5.74, 6) is -0.572. The van der Waals surface area contributed by atoms with E-state index in [-0.39, 0.29) is 6.54 Å². The number of halogens is 1. The van der Waals surface area contributed by atoms with Gasteiger partial charge >= 0.3 is 0 Å². The Morgan fingerprint density at radius 2 is 1.69 bits per heavy atom. The maximum absolute atomic E-state index is 13.2. The monoisotopic (exact) mass is 446 g/mol. The molecule has 6 heteroatoms. The fraction of sp³-hybridized carbons (Fsp3) is 0.154. The molecule has 1 amide bonds. The van der Waals surface area contributed by atoms with Crippen LogP contribution in [0.25, 0.3) is 10.9 Å². The average Bonchev–Trinajstić information content (AvgIpc) is 3.09. The minimum Gasteiger partial charge on any atom is -0.497 e. The molecular weight excluding hydrogens is 424 g/mol. The lowest BCUT2D eigenvalue weighted by Gasteiger charge is -2.09. The van der Waals surface area contributed by atoms with Crippen molar-refractivity contribution in [2.24, 2.45) is 0 Å². The molecule has 3 aromatic carbocycles. The van der Waals surface area contributed by atoms with E-state index in [9.17, 15) is 9.59 Å². The number of amides is 1. The Morgan fingerprint density at radius 3 is 2.38 bits per heavy atom. The first-order valence-electron chi connectivity index (χ1n) is 10.3. The number of aromatic nitrogens is 1. The SMILES string of the molecule is COc1ccc2c(c1)c(C(=O)C(=O)NCc1ccccc1)c(C)n2Cc1ccc(Cl)cc1. The predicted octanol–water partition coefficient (Wildman–Crippen LogP) is 5.16. The molecule has 1 heterocycles. The third-order valence-electron chi connectivity index (χ3n) is 5.51. The van der Waals surface area contributed by atoms with Gasteiger partial charge in [0.15, 0.2) is 0 Å². The number of ether oxygens (including phenoxy) is 1. The highest BCUT2D eigenvalue weighted by molar-refractivity contribution is 6.45. The third-order valence-corrected chi connectivity index (χ3v) is 5.77. The molecule has 0 atom stereocenters. The normalized spacial score (nSPS) is 10.8. The molecule has 0 saturated carbocycles. The van der Waals surface area contributed by atoms with E-state index in [1.165, 1.54) is 0 Å². The molecule has 1 N–H and O–H groups in total. The molecule has 0 fully saturated rings. The number of carbonyl (C=O) groups is 2. The van der Waals surface area contributed by atoms with E-state index in [0.717, 1.165) is 22.3 Å². The maximum atomic E-state index is 13.2. The first-order valence-corrected chi connectivity index (χ1v) is 10.6. The lowest BCUT2D eigenvalue weighted by Crippen LogP contribution is -2.31. The molecule has 0 saturated heterocycles. The molecule has 5 nitrogen and oxygen atoms in total. The number of fused-ring (bicyclic) bond motifs is 1. The highest BCUT2D eigenvalue weighted by Crippen LogP contribution is 2.31. The van der Waals surface area contributed by atoms with Gasteiger partial charge in [-0.25, -0.2) is 0 Å². The predicted molar refractivity (Wildman–Crippen MR) is 126 cm³/mol. The Kier molecular flexibility index (Phi) is 6.28. The van der Waals surface area contributed by atoms with Crippen LogP contribution < -0.4 is 10.1 Å². The molecule has 1 aromatic heterocycles. The van der Waals surface area contributed by atoms with Crippen LogP contribution in [0.4, 0.5) is 0 Å². The Balaban J connectivity index is 1.70. The smallest absolute Gasteiger partial charge is 0.292 e. The summed E-state index contributed by atoms with van der Waals surface area (Å²) in [6.45, 7) is 2.70. The molecule has 0 aliphatic heterocycles. The third kappa shape index (κ3) is 4.39. The van der Waals surface area contributed by atoms with Crippen LogP contribution in [0.1, 0.15) is 27.2 Å². The molecule has 4 aromatic rings. The van der Waals surface area contributed by atoms with Crippen LogP contribution in [-0.4, -0.2) is 23.4 Å². The van der Waals surface area contributed by atoms with Gasteiger partial charge in [0.2, 0.25) is 0 Å². The van der Waals surface area contributed by atoms with Gasteiger partial charge in [0.05, 0.1) is 12.7 Å². The molecule has 32 heavy (non-hydrogen) atoms. The van der Waals surface area contributed by atoms with Crippen molar-refractivity contribution in [2.45, 2.75) is 20.0 Å². The summed E-state index contributed by atoms with van der Waals surface area (Å²) >= 11 is 6.02. The molecular formula is C26H23ClN2O3. The number of benzene rings is 3. The summed E-state index contributed by atoms with van der Waals surface area (Å²) in [6, 6.07) is 22.6. The van der Waals surface area contributed by atoms with Crippen LogP contribution in [0.2, 0.25) is 5.02 Å². The number of carbonyl (C=O) groups excluding carboxylic acids is 2. The van der Waals surface area contributed by atoms with Gasteiger partial charge < -0.3 is 14.6 Å². The minimum atomic E-state index is -0.634.